The Kier molecular flexibility index (Phi) is 4.30. The van der Waals surface area contributed by atoms with E-state index >= 15 is 0 Å². The molecule has 1 atom stereocenters. The molecule has 0 aliphatic heterocycles. The second kappa shape index (κ2) is 5.66. The number of nitrogens with zero attached hydrogens (tertiary/aromatic N) is 3. The monoisotopic (exact) mass is 293 g/mol. The van der Waals surface area contributed by atoms with Crippen molar-refractivity contribution < 1.29 is 5.11 Å². The highest BCUT2D eigenvalue weighted by Crippen LogP contribution is 2.27. The van der Waals surface area contributed by atoms with Crippen LogP contribution in [-0.2, 0) is 18.4 Å². The summed E-state index contributed by atoms with van der Waals surface area (Å²) in [7, 11) is 0. The van der Waals surface area contributed by atoms with Gasteiger partial charge in [-0.15, -0.1) is 11.3 Å². The van der Waals surface area contributed by atoms with Crippen LogP contribution >= 0.6 is 11.3 Å². The third kappa shape index (κ3) is 3.27. The van der Waals surface area contributed by atoms with Crippen LogP contribution in [0.15, 0.2) is 11.4 Å². The highest BCUT2D eigenvalue weighted by atomic mass is 32.1. The molecule has 5 heteroatoms. The van der Waals surface area contributed by atoms with E-state index in [0.29, 0.717) is 6.42 Å². The third-order valence-electron chi connectivity index (χ3n) is 3.26. The summed E-state index contributed by atoms with van der Waals surface area (Å²) in [4.78, 5) is 4.64. The Morgan fingerprint density at radius 2 is 2.10 bits per heavy atom. The Hall–Kier alpha value is -1.20. The molecule has 1 N–H and O–H groups in total. The summed E-state index contributed by atoms with van der Waals surface area (Å²) in [5.74, 6) is 0. The maximum Gasteiger partial charge on any atom is 0.102 e. The molecule has 0 fully saturated rings. The smallest absolute Gasteiger partial charge is 0.102 e. The Morgan fingerprint density at radius 1 is 1.40 bits per heavy atom. The number of aliphatic hydroxyl groups excluding tert-OH is 1. The van der Waals surface area contributed by atoms with Crippen molar-refractivity contribution in [3.63, 3.8) is 0 Å². The van der Waals surface area contributed by atoms with E-state index in [4.69, 9.17) is 0 Å². The van der Waals surface area contributed by atoms with Gasteiger partial charge in [-0.25, -0.2) is 4.98 Å². The minimum absolute atomic E-state index is 0.0570. The first-order valence-corrected chi connectivity index (χ1v) is 7.86. The second-order valence-electron chi connectivity index (χ2n) is 6.12. The van der Waals surface area contributed by atoms with Crippen molar-refractivity contribution in [2.45, 2.75) is 59.1 Å². The van der Waals surface area contributed by atoms with Gasteiger partial charge in [0.25, 0.3) is 0 Å². The predicted octanol–water partition coefficient (Wildman–Crippen LogP) is 3.24. The minimum Gasteiger partial charge on any atom is -0.386 e. The van der Waals surface area contributed by atoms with Crippen molar-refractivity contribution in [2.24, 2.45) is 0 Å². The van der Waals surface area contributed by atoms with Crippen LogP contribution in [0, 0.1) is 6.92 Å². The van der Waals surface area contributed by atoms with Crippen LogP contribution in [0.5, 0.6) is 0 Å². The van der Waals surface area contributed by atoms with Gasteiger partial charge >= 0.3 is 0 Å². The predicted molar refractivity (Wildman–Crippen MR) is 82.1 cm³/mol. The topological polar surface area (TPSA) is 50.9 Å². The van der Waals surface area contributed by atoms with Gasteiger partial charge in [0.1, 0.15) is 6.10 Å². The fraction of sp³-hybridized carbons (Fsp3) is 0.600. The summed E-state index contributed by atoms with van der Waals surface area (Å²) >= 11 is 1.62. The molecule has 2 aromatic rings. The summed E-state index contributed by atoms with van der Waals surface area (Å²) < 4.78 is 1.86. The van der Waals surface area contributed by atoms with E-state index in [0.717, 1.165) is 28.6 Å². The molecule has 0 aliphatic rings. The zero-order valence-corrected chi connectivity index (χ0v) is 13.7. The van der Waals surface area contributed by atoms with Gasteiger partial charge in [0, 0.05) is 23.8 Å². The van der Waals surface area contributed by atoms with Crippen LogP contribution in [0.4, 0.5) is 0 Å². The lowest BCUT2D eigenvalue weighted by atomic mass is 9.93. The van der Waals surface area contributed by atoms with Gasteiger partial charge in [-0.05, 0) is 19.9 Å². The van der Waals surface area contributed by atoms with Crippen LogP contribution in [0.1, 0.15) is 55.9 Å². The summed E-state index contributed by atoms with van der Waals surface area (Å²) in [5, 5.41) is 17.9. The first-order chi connectivity index (χ1) is 9.31. The van der Waals surface area contributed by atoms with Gasteiger partial charge in [0.2, 0.25) is 0 Å². The average Bonchev–Trinajstić information content (AvgIpc) is 2.94. The van der Waals surface area contributed by atoms with Gasteiger partial charge in [-0.1, -0.05) is 20.8 Å². The molecular weight excluding hydrogens is 270 g/mol. The summed E-state index contributed by atoms with van der Waals surface area (Å²) in [5.41, 5.74) is 2.96. The third-order valence-corrected chi connectivity index (χ3v) is 4.13. The van der Waals surface area contributed by atoms with Crippen molar-refractivity contribution in [2.75, 3.05) is 0 Å². The minimum atomic E-state index is -0.546. The molecule has 0 saturated heterocycles. The van der Waals surface area contributed by atoms with Gasteiger partial charge in [-0.2, -0.15) is 5.10 Å². The Morgan fingerprint density at radius 3 is 2.65 bits per heavy atom. The Balaban J connectivity index is 2.15. The molecule has 0 radical (unpaired) electrons. The number of rotatable bonds is 4. The molecule has 0 aromatic carbocycles. The first-order valence-electron chi connectivity index (χ1n) is 6.98. The molecule has 110 valence electrons. The van der Waals surface area contributed by atoms with Gasteiger partial charge in [0.05, 0.1) is 22.1 Å². The maximum atomic E-state index is 10.4. The number of aromatic nitrogens is 3. The van der Waals surface area contributed by atoms with E-state index in [-0.39, 0.29) is 5.41 Å². The van der Waals surface area contributed by atoms with E-state index in [1.807, 2.05) is 24.6 Å². The van der Waals surface area contributed by atoms with Crippen LogP contribution in [0.25, 0.3) is 0 Å². The fourth-order valence-electron chi connectivity index (χ4n) is 2.11. The largest absolute Gasteiger partial charge is 0.386 e. The van der Waals surface area contributed by atoms with Crippen LogP contribution < -0.4 is 0 Å². The molecule has 20 heavy (non-hydrogen) atoms. The quantitative estimate of drug-likeness (QED) is 0.941. The van der Waals surface area contributed by atoms with Gasteiger partial charge in [0.15, 0.2) is 0 Å². The number of hydrogen-bond acceptors (Lipinski definition) is 4. The number of aliphatic hydroxyl groups is 1. The number of aryl methyl sites for hydroxylation is 2. The molecule has 4 nitrogen and oxygen atoms in total. The van der Waals surface area contributed by atoms with Crippen molar-refractivity contribution in [1.82, 2.24) is 14.8 Å². The zero-order valence-electron chi connectivity index (χ0n) is 12.8. The molecule has 0 spiro atoms. The van der Waals surface area contributed by atoms with E-state index in [9.17, 15) is 5.11 Å². The van der Waals surface area contributed by atoms with Crippen LogP contribution in [0.3, 0.4) is 0 Å². The normalized spacial score (nSPS) is 13.7. The van der Waals surface area contributed by atoms with Crippen molar-refractivity contribution in [3.05, 3.63) is 33.5 Å². The Bertz CT molecular complexity index is 580. The molecular formula is C15H23N3OS. The zero-order chi connectivity index (χ0) is 14.9. The molecule has 0 bridgehead atoms. The molecule has 0 saturated carbocycles. The van der Waals surface area contributed by atoms with Crippen molar-refractivity contribution >= 4 is 11.3 Å². The Labute approximate surface area is 124 Å². The maximum absolute atomic E-state index is 10.4. The van der Waals surface area contributed by atoms with Crippen molar-refractivity contribution in [3.8, 4) is 0 Å². The summed E-state index contributed by atoms with van der Waals surface area (Å²) in [6.45, 7) is 11.2. The molecule has 1 unspecified atom stereocenters. The highest BCUT2D eigenvalue weighted by molar-refractivity contribution is 7.09. The standard InChI is InChI=1S/C15H23N3OS/c1-6-18-11(7-10(2)17-18)12(19)8-14-16-13(9-20-14)15(3,4)5/h7,9,12,19H,6,8H2,1-5H3. The number of thiazole rings is 1. The van der Waals surface area contributed by atoms with Gasteiger partial charge < -0.3 is 5.11 Å². The van der Waals surface area contributed by atoms with Crippen molar-refractivity contribution in [1.29, 1.82) is 0 Å². The first kappa shape index (κ1) is 15.2. The molecule has 0 aliphatic carbocycles. The van der Waals surface area contributed by atoms with Crippen LogP contribution in [-0.4, -0.2) is 19.9 Å². The van der Waals surface area contributed by atoms with Gasteiger partial charge in [-0.3, -0.25) is 4.68 Å². The lowest BCUT2D eigenvalue weighted by molar-refractivity contribution is 0.167. The lowest BCUT2D eigenvalue weighted by Crippen LogP contribution is -2.13. The van der Waals surface area contributed by atoms with Crippen LogP contribution in [0.2, 0.25) is 0 Å². The van der Waals surface area contributed by atoms with E-state index in [1.165, 1.54) is 0 Å². The fourth-order valence-corrected chi connectivity index (χ4v) is 3.17. The molecule has 2 heterocycles. The summed E-state index contributed by atoms with van der Waals surface area (Å²) in [6.07, 6.45) is 0.00131. The lowest BCUT2D eigenvalue weighted by Gasteiger charge is -2.14. The molecule has 2 rings (SSSR count). The average molecular weight is 293 g/mol. The highest BCUT2D eigenvalue weighted by Gasteiger charge is 2.20. The summed E-state index contributed by atoms with van der Waals surface area (Å²) in [6, 6.07) is 1.95. The van der Waals surface area contributed by atoms with E-state index in [1.54, 1.807) is 11.3 Å². The second-order valence-corrected chi connectivity index (χ2v) is 7.07. The van der Waals surface area contributed by atoms with E-state index < -0.39 is 6.10 Å². The number of hydrogen-bond donors (Lipinski definition) is 1. The molecule has 0 amide bonds. The van der Waals surface area contributed by atoms with E-state index in [2.05, 4.69) is 36.2 Å². The molecule has 2 aromatic heterocycles. The SMILES string of the molecule is CCn1nc(C)cc1C(O)Cc1nc(C(C)(C)C)cs1.